The van der Waals surface area contributed by atoms with Crippen LogP contribution in [0.2, 0.25) is 0 Å². The number of carbonyl (C=O) groups is 2. The zero-order chi connectivity index (χ0) is 21.8. The number of benzene rings is 1. The topological polar surface area (TPSA) is 40.6 Å². The van der Waals surface area contributed by atoms with Crippen molar-refractivity contribution < 1.29 is 9.59 Å². The van der Waals surface area contributed by atoms with E-state index in [0.717, 1.165) is 37.7 Å². The second-order valence-electron chi connectivity index (χ2n) is 9.01. The van der Waals surface area contributed by atoms with Gasteiger partial charge in [0.1, 0.15) is 6.54 Å². The van der Waals surface area contributed by atoms with E-state index in [-0.39, 0.29) is 30.4 Å². The summed E-state index contributed by atoms with van der Waals surface area (Å²) in [4.78, 5) is 31.7. The molecule has 1 saturated carbocycles. The molecule has 0 bridgehead atoms. The highest BCUT2D eigenvalue weighted by molar-refractivity contribution is 7.10. The number of rotatable bonds is 9. The molecule has 4 nitrogen and oxygen atoms in total. The molecular formula is C26H34N2O2S. The van der Waals surface area contributed by atoms with Crippen LogP contribution in [0, 0.1) is 6.92 Å². The molecular weight excluding hydrogens is 404 g/mol. The number of hydrogen-bond acceptors (Lipinski definition) is 3. The summed E-state index contributed by atoms with van der Waals surface area (Å²) in [6.07, 6.45) is 7.89. The highest BCUT2D eigenvalue weighted by Gasteiger charge is 2.37. The van der Waals surface area contributed by atoms with Gasteiger partial charge in [-0.3, -0.25) is 9.59 Å². The van der Waals surface area contributed by atoms with Gasteiger partial charge in [-0.1, -0.05) is 56.0 Å². The van der Waals surface area contributed by atoms with Crippen molar-refractivity contribution >= 4 is 23.2 Å². The summed E-state index contributed by atoms with van der Waals surface area (Å²) >= 11 is 1.78. The smallest absolute Gasteiger partial charge is 0.243 e. The summed E-state index contributed by atoms with van der Waals surface area (Å²) in [5, 5.41) is 2.14. The molecule has 5 heteroatoms. The fourth-order valence-corrected chi connectivity index (χ4v) is 5.49. The van der Waals surface area contributed by atoms with Crippen molar-refractivity contribution in [2.45, 2.75) is 77.3 Å². The summed E-state index contributed by atoms with van der Waals surface area (Å²) in [5.41, 5.74) is 3.62. The third kappa shape index (κ3) is 5.20. The van der Waals surface area contributed by atoms with Crippen molar-refractivity contribution in [1.29, 1.82) is 0 Å². The van der Waals surface area contributed by atoms with Crippen LogP contribution in [0.3, 0.4) is 0 Å². The lowest BCUT2D eigenvalue weighted by molar-refractivity contribution is -0.142. The zero-order valence-corrected chi connectivity index (χ0v) is 19.6. The molecule has 1 unspecified atom stereocenters. The molecule has 1 aromatic carbocycles. The molecule has 166 valence electrons. The Balaban J connectivity index is 1.50. The number of thiophene rings is 1. The lowest BCUT2D eigenvalue weighted by Gasteiger charge is -2.37. The van der Waals surface area contributed by atoms with Crippen LogP contribution in [0.15, 0.2) is 35.7 Å². The molecule has 0 radical (unpaired) electrons. The van der Waals surface area contributed by atoms with Crippen LogP contribution < -0.4 is 0 Å². The van der Waals surface area contributed by atoms with Crippen LogP contribution in [-0.2, 0) is 16.0 Å². The van der Waals surface area contributed by atoms with E-state index in [2.05, 4.69) is 49.6 Å². The summed E-state index contributed by atoms with van der Waals surface area (Å²) in [5.74, 6) is 0.239. The highest BCUT2D eigenvalue weighted by atomic mass is 32.1. The molecule has 31 heavy (non-hydrogen) atoms. The number of amides is 2. The Bertz CT molecular complexity index is 900. The molecule has 1 fully saturated rings. The maximum absolute atomic E-state index is 13.5. The van der Waals surface area contributed by atoms with Crippen LogP contribution in [0.5, 0.6) is 0 Å². The Labute approximate surface area is 190 Å². The van der Waals surface area contributed by atoms with E-state index in [1.807, 2.05) is 9.80 Å². The van der Waals surface area contributed by atoms with Crippen molar-refractivity contribution in [3.05, 3.63) is 57.3 Å². The van der Waals surface area contributed by atoms with E-state index in [1.54, 1.807) is 11.3 Å². The van der Waals surface area contributed by atoms with E-state index < -0.39 is 0 Å². The van der Waals surface area contributed by atoms with Gasteiger partial charge in [0.05, 0.1) is 6.04 Å². The number of nitrogens with zero attached hydrogens (tertiary/aromatic N) is 2. The molecule has 0 spiro atoms. The summed E-state index contributed by atoms with van der Waals surface area (Å²) in [6.45, 7) is 5.20. The average molecular weight is 439 g/mol. The molecule has 2 amide bonds. The molecule has 0 saturated heterocycles. The Hall–Kier alpha value is -2.14. The maximum Gasteiger partial charge on any atom is 0.243 e. The third-order valence-electron chi connectivity index (χ3n) is 6.54. The van der Waals surface area contributed by atoms with E-state index >= 15 is 0 Å². The van der Waals surface area contributed by atoms with E-state index in [9.17, 15) is 9.59 Å². The SMILES string of the molecule is CCCCCCC(=O)N(CC(=O)N1CCc2sccc2C1c1ccc(C)cc1)C1CC1. The van der Waals surface area contributed by atoms with Gasteiger partial charge in [0.15, 0.2) is 0 Å². The van der Waals surface area contributed by atoms with Crippen LogP contribution in [0.4, 0.5) is 0 Å². The fraction of sp³-hybridized carbons (Fsp3) is 0.538. The minimum atomic E-state index is -0.0520. The molecule has 4 rings (SSSR count). The molecule has 2 aromatic rings. The third-order valence-corrected chi connectivity index (χ3v) is 7.53. The van der Waals surface area contributed by atoms with Crippen LogP contribution in [-0.4, -0.2) is 40.7 Å². The van der Waals surface area contributed by atoms with E-state index in [0.29, 0.717) is 13.0 Å². The first kappa shape index (κ1) is 22.1. The van der Waals surface area contributed by atoms with Crippen LogP contribution >= 0.6 is 11.3 Å². The van der Waals surface area contributed by atoms with Gasteiger partial charge in [0, 0.05) is 23.9 Å². The second-order valence-corrected chi connectivity index (χ2v) is 10.0. The molecule has 1 aliphatic carbocycles. The van der Waals surface area contributed by atoms with Gasteiger partial charge in [-0.15, -0.1) is 11.3 Å². The quantitative estimate of drug-likeness (QED) is 0.486. The Kier molecular flexibility index (Phi) is 7.11. The van der Waals surface area contributed by atoms with E-state index in [1.165, 1.54) is 28.8 Å². The van der Waals surface area contributed by atoms with Crippen LogP contribution in [0.1, 0.15) is 79.5 Å². The second kappa shape index (κ2) is 9.99. The fourth-order valence-electron chi connectivity index (χ4n) is 4.58. The van der Waals surface area contributed by atoms with Gasteiger partial charge in [-0.05, 0) is 55.2 Å². The first-order chi connectivity index (χ1) is 15.1. The maximum atomic E-state index is 13.5. The van der Waals surface area contributed by atoms with E-state index in [4.69, 9.17) is 0 Å². The first-order valence-electron chi connectivity index (χ1n) is 11.8. The summed E-state index contributed by atoms with van der Waals surface area (Å²) in [6, 6.07) is 10.9. The number of aryl methyl sites for hydroxylation is 1. The molecule has 2 aliphatic rings. The summed E-state index contributed by atoms with van der Waals surface area (Å²) < 4.78 is 0. The Morgan fingerprint density at radius 3 is 2.58 bits per heavy atom. The highest BCUT2D eigenvalue weighted by Crippen LogP contribution is 2.38. The monoisotopic (exact) mass is 438 g/mol. The molecule has 1 atom stereocenters. The number of fused-ring (bicyclic) bond motifs is 1. The lowest BCUT2D eigenvalue weighted by atomic mass is 9.92. The van der Waals surface area contributed by atoms with Crippen molar-refractivity contribution in [1.82, 2.24) is 9.80 Å². The van der Waals surface area contributed by atoms with Crippen molar-refractivity contribution in [3.63, 3.8) is 0 Å². The Morgan fingerprint density at radius 2 is 1.87 bits per heavy atom. The number of hydrogen-bond donors (Lipinski definition) is 0. The van der Waals surface area contributed by atoms with Crippen molar-refractivity contribution in [3.8, 4) is 0 Å². The number of carbonyl (C=O) groups excluding carboxylic acids is 2. The summed E-state index contributed by atoms with van der Waals surface area (Å²) in [7, 11) is 0. The minimum absolute atomic E-state index is 0.0520. The molecule has 1 aromatic heterocycles. The Morgan fingerprint density at radius 1 is 1.10 bits per heavy atom. The average Bonchev–Trinajstić information content (AvgIpc) is 3.50. The standard InChI is InChI=1S/C26H34N2O2S/c1-3-4-5-6-7-24(29)28(21-12-13-21)18-25(30)27-16-14-23-22(15-17-31-23)26(27)20-10-8-19(2)9-11-20/h8-11,15,17,21,26H,3-7,12-14,16,18H2,1-2H3. The predicted molar refractivity (Wildman–Crippen MR) is 126 cm³/mol. The molecule has 0 N–H and O–H groups in total. The van der Waals surface area contributed by atoms with Gasteiger partial charge in [-0.25, -0.2) is 0 Å². The van der Waals surface area contributed by atoms with Crippen molar-refractivity contribution in [2.75, 3.05) is 13.1 Å². The molecule has 1 aliphatic heterocycles. The lowest BCUT2D eigenvalue weighted by Crippen LogP contribution is -2.47. The first-order valence-corrected chi connectivity index (χ1v) is 12.7. The largest absolute Gasteiger partial charge is 0.330 e. The predicted octanol–water partition coefficient (Wildman–Crippen LogP) is 5.49. The van der Waals surface area contributed by atoms with Gasteiger partial charge < -0.3 is 9.80 Å². The van der Waals surface area contributed by atoms with Gasteiger partial charge in [-0.2, -0.15) is 0 Å². The number of unbranched alkanes of at least 4 members (excludes halogenated alkanes) is 3. The van der Waals surface area contributed by atoms with Gasteiger partial charge in [0.2, 0.25) is 11.8 Å². The molecule has 2 heterocycles. The van der Waals surface area contributed by atoms with Gasteiger partial charge in [0.25, 0.3) is 0 Å². The normalized spacial score (nSPS) is 18.0. The zero-order valence-electron chi connectivity index (χ0n) is 18.8. The van der Waals surface area contributed by atoms with Crippen molar-refractivity contribution in [2.24, 2.45) is 0 Å². The van der Waals surface area contributed by atoms with Gasteiger partial charge >= 0.3 is 0 Å². The minimum Gasteiger partial charge on any atom is -0.330 e. The van der Waals surface area contributed by atoms with Crippen LogP contribution in [0.25, 0.3) is 0 Å².